The van der Waals surface area contributed by atoms with Crippen LogP contribution in [0.25, 0.3) is 0 Å². The quantitative estimate of drug-likeness (QED) is 0.630. The van der Waals surface area contributed by atoms with Gasteiger partial charge in [-0.1, -0.05) is 31.0 Å². The van der Waals surface area contributed by atoms with Crippen molar-refractivity contribution in [2.45, 2.75) is 50.9 Å². The molecule has 0 spiro atoms. The molecule has 0 aliphatic carbocycles. The predicted molar refractivity (Wildman–Crippen MR) is 104 cm³/mol. The maximum absolute atomic E-state index is 13.4. The number of carboxylic acid groups (broad SMARTS) is 1. The van der Waals surface area contributed by atoms with E-state index in [-0.39, 0.29) is 5.02 Å². The maximum Gasteiger partial charge on any atom is 0.417 e. The molecule has 3 rings (SSSR count). The van der Waals surface area contributed by atoms with Gasteiger partial charge >= 0.3 is 12.1 Å². The summed E-state index contributed by atoms with van der Waals surface area (Å²) in [4.78, 5) is 15.6. The number of nitrogens with zero attached hydrogens (tertiary/aromatic N) is 1. The Morgan fingerprint density at radius 3 is 2.68 bits per heavy atom. The van der Waals surface area contributed by atoms with Gasteiger partial charge in [0, 0.05) is 9.75 Å². The highest BCUT2D eigenvalue weighted by molar-refractivity contribution is 7.12. The van der Waals surface area contributed by atoms with Crippen LogP contribution in [0.15, 0.2) is 30.3 Å². The second-order valence-electron chi connectivity index (χ2n) is 6.88. The van der Waals surface area contributed by atoms with E-state index in [1.54, 1.807) is 6.07 Å². The first kappa shape index (κ1) is 21.1. The van der Waals surface area contributed by atoms with E-state index in [9.17, 15) is 23.1 Å². The van der Waals surface area contributed by atoms with E-state index in [1.165, 1.54) is 17.4 Å². The van der Waals surface area contributed by atoms with Crippen molar-refractivity contribution in [1.82, 2.24) is 4.90 Å². The van der Waals surface area contributed by atoms with Crippen LogP contribution in [0.3, 0.4) is 0 Å². The Morgan fingerprint density at radius 2 is 2.07 bits per heavy atom. The molecule has 1 aliphatic heterocycles. The highest BCUT2D eigenvalue weighted by atomic mass is 35.5. The Morgan fingerprint density at radius 1 is 1.32 bits per heavy atom. The molecular formula is C20H21ClF3NO2S. The SMILES string of the molecule is CCc1ccc(C(c2ccc(Cl)c(C(F)(F)F)c2)N2CCCCC2C(=O)O)s1. The van der Waals surface area contributed by atoms with Crippen LogP contribution >= 0.6 is 22.9 Å². The molecular weight excluding hydrogens is 411 g/mol. The summed E-state index contributed by atoms with van der Waals surface area (Å²) in [7, 11) is 0. The third kappa shape index (κ3) is 4.36. The van der Waals surface area contributed by atoms with Crippen LogP contribution in [-0.2, 0) is 17.4 Å². The van der Waals surface area contributed by atoms with Gasteiger partial charge in [-0.15, -0.1) is 11.3 Å². The molecule has 2 heterocycles. The van der Waals surface area contributed by atoms with Crippen LogP contribution in [0, 0.1) is 0 Å². The summed E-state index contributed by atoms with van der Waals surface area (Å²) < 4.78 is 40.2. The van der Waals surface area contributed by atoms with Gasteiger partial charge in [0.05, 0.1) is 16.6 Å². The lowest BCUT2D eigenvalue weighted by atomic mass is 9.94. The molecule has 8 heteroatoms. The molecule has 1 aromatic carbocycles. The summed E-state index contributed by atoms with van der Waals surface area (Å²) in [5.41, 5.74) is -0.484. The number of aliphatic carboxylic acids is 1. The van der Waals surface area contributed by atoms with Gasteiger partial charge in [0.25, 0.3) is 0 Å². The van der Waals surface area contributed by atoms with Crippen LogP contribution in [0.5, 0.6) is 0 Å². The van der Waals surface area contributed by atoms with Crippen LogP contribution < -0.4 is 0 Å². The van der Waals surface area contributed by atoms with Gasteiger partial charge < -0.3 is 5.11 Å². The van der Waals surface area contributed by atoms with Crippen molar-refractivity contribution in [3.8, 4) is 0 Å². The number of halogens is 4. The molecule has 2 aromatic rings. The molecule has 152 valence electrons. The number of hydrogen-bond acceptors (Lipinski definition) is 3. The molecule has 1 N–H and O–H groups in total. The molecule has 0 saturated carbocycles. The van der Waals surface area contributed by atoms with Crippen molar-refractivity contribution in [2.24, 2.45) is 0 Å². The number of piperidine rings is 1. The Balaban J connectivity index is 2.12. The van der Waals surface area contributed by atoms with Crippen LogP contribution in [0.2, 0.25) is 5.02 Å². The van der Waals surface area contributed by atoms with Gasteiger partial charge in [-0.3, -0.25) is 9.69 Å². The zero-order chi connectivity index (χ0) is 20.5. The van der Waals surface area contributed by atoms with E-state index < -0.39 is 29.8 Å². The molecule has 3 nitrogen and oxygen atoms in total. The molecule has 2 atom stereocenters. The molecule has 28 heavy (non-hydrogen) atoms. The molecule has 0 amide bonds. The zero-order valence-corrected chi connectivity index (χ0v) is 16.9. The van der Waals surface area contributed by atoms with E-state index in [0.717, 1.165) is 35.1 Å². The fourth-order valence-electron chi connectivity index (χ4n) is 3.71. The first-order valence-corrected chi connectivity index (χ1v) is 10.4. The Hall–Kier alpha value is -1.57. The van der Waals surface area contributed by atoms with E-state index in [2.05, 4.69) is 0 Å². The lowest BCUT2D eigenvalue weighted by Gasteiger charge is -2.39. The van der Waals surface area contributed by atoms with Crippen molar-refractivity contribution in [3.05, 3.63) is 56.2 Å². The first-order valence-electron chi connectivity index (χ1n) is 9.16. The third-order valence-electron chi connectivity index (χ3n) is 5.07. The molecule has 0 radical (unpaired) electrons. The number of likely N-dealkylation sites (tertiary alicyclic amines) is 1. The minimum absolute atomic E-state index is 0.358. The predicted octanol–water partition coefficient (Wildman–Crippen LogP) is 6.01. The third-order valence-corrected chi connectivity index (χ3v) is 6.68. The smallest absolute Gasteiger partial charge is 0.417 e. The lowest BCUT2D eigenvalue weighted by Crippen LogP contribution is -2.46. The molecule has 1 saturated heterocycles. The number of aryl methyl sites for hydroxylation is 1. The monoisotopic (exact) mass is 431 g/mol. The summed E-state index contributed by atoms with van der Waals surface area (Å²) in [6.45, 7) is 2.53. The van der Waals surface area contributed by atoms with Crippen molar-refractivity contribution in [2.75, 3.05) is 6.54 Å². The average molecular weight is 432 g/mol. The molecule has 0 bridgehead atoms. The van der Waals surface area contributed by atoms with Gasteiger partial charge in [0.1, 0.15) is 6.04 Å². The van der Waals surface area contributed by atoms with E-state index in [0.29, 0.717) is 18.5 Å². The van der Waals surface area contributed by atoms with Crippen LogP contribution in [-0.4, -0.2) is 28.6 Å². The van der Waals surface area contributed by atoms with Crippen LogP contribution in [0.1, 0.15) is 53.1 Å². The first-order chi connectivity index (χ1) is 13.2. The molecule has 1 fully saturated rings. The highest BCUT2D eigenvalue weighted by Gasteiger charge is 2.38. The Kier molecular flexibility index (Phi) is 6.37. The summed E-state index contributed by atoms with van der Waals surface area (Å²) in [6.07, 6.45) is -1.67. The number of hydrogen-bond donors (Lipinski definition) is 1. The Bertz CT molecular complexity index is 852. The van der Waals surface area contributed by atoms with Crippen molar-refractivity contribution >= 4 is 28.9 Å². The fraction of sp³-hybridized carbons (Fsp3) is 0.450. The molecule has 1 aliphatic rings. The second kappa shape index (κ2) is 8.43. The number of benzene rings is 1. The maximum atomic E-state index is 13.4. The zero-order valence-electron chi connectivity index (χ0n) is 15.3. The fourth-order valence-corrected chi connectivity index (χ4v) is 5.04. The highest BCUT2D eigenvalue weighted by Crippen LogP contribution is 2.41. The van der Waals surface area contributed by atoms with Crippen molar-refractivity contribution in [3.63, 3.8) is 0 Å². The second-order valence-corrected chi connectivity index (χ2v) is 8.49. The largest absolute Gasteiger partial charge is 0.480 e. The van der Waals surface area contributed by atoms with Gasteiger partial charge in [-0.05, 0) is 55.6 Å². The Labute approximate surface area is 170 Å². The number of alkyl halides is 3. The minimum atomic E-state index is -4.57. The minimum Gasteiger partial charge on any atom is -0.480 e. The number of rotatable bonds is 5. The van der Waals surface area contributed by atoms with Crippen molar-refractivity contribution < 1.29 is 23.1 Å². The molecule has 2 unspecified atom stereocenters. The summed E-state index contributed by atoms with van der Waals surface area (Å²) in [5.74, 6) is -0.943. The summed E-state index contributed by atoms with van der Waals surface area (Å²) >= 11 is 7.31. The van der Waals surface area contributed by atoms with E-state index >= 15 is 0 Å². The summed E-state index contributed by atoms with van der Waals surface area (Å²) in [6, 6.07) is 6.45. The van der Waals surface area contributed by atoms with Gasteiger partial charge in [0.15, 0.2) is 0 Å². The standard InChI is InChI=1S/C20H21ClF3NO2S/c1-2-13-7-9-17(28-13)18(25-10-4-3-5-16(25)19(26)27)12-6-8-15(21)14(11-12)20(22,23)24/h6-9,11,16,18H,2-5,10H2,1H3,(H,26,27). The van der Waals surface area contributed by atoms with Crippen molar-refractivity contribution in [1.29, 1.82) is 0 Å². The molecule has 1 aromatic heterocycles. The lowest BCUT2D eigenvalue weighted by molar-refractivity contribution is -0.145. The normalized spacial score (nSPS) is 19.5. The topological polar surface area (TPSA) is 40.5 Å². The number of thiophene rings is 1. The van der Waals surface area contributed by atoms with E-state index in [4.69, 9.17) is 11.6 Å². The average Bonchev–Trinajstić information content (AvgIpc) is 3.11. The van der Waals surface area contributed by atoms with Gasteiger partial charge in [0.2, 0.25) is 0 Å². The van der Waals surface area contributed by atoms with Gasteiger partial charge in [-0.25, -0.2) is 0 Å². The van der Waals surface area contributed by atoms with Crippen LogP contribution in [0.4, 0.5) is 13.2 Å². The number of carbonyl (C=O) groups is 1. The van der Waals surface area contributed by atoms with E-state index in [1.807, 2.05) is 24.0 Å². The summed E-state index contributed by atoms with van der Waals surface area (Å²) in [5, 5.41) is 9.33. The number of carboxylic acids is 1. The van der Waals surface area contributed by atoms with Gasteiger partial charge in [-0.2, -0.15) is 13.2 Å².